The number of anilines is 2. The van der Waals surface area contributed by atoms with Crippen molar-refractivity contribution in [2.45, 2.75) is 32.4 Å². The van der Waals surface area contributed by atoms with Crippen LogP contribution in [0, 0.1) is 6.92 Å². The molecule has 0 saturated heterocycles. The van der Waals surface area contributed by atoms with Crippen LogP contribution in [0.5, 0.6) is 0 Å². The number of aromatic nitrogens is 2. The summed E-state index contributed by atoms with van der Waals surface area (Å²) in [4.78, 5) is 12.8. The Morgan fingerprint density at radius 3 is 2.89 bits per heavy atom. The van der Waals surface area contributed by atoms with E-state index in [1.54, 1.807) is 11.3 Å². The molecule has 0 amide bonds. The smallest absolute Gasteiger partial charge is 0.134 e. The fourth-order valence-electron chi connectivity index (χ4n) is 2.18. The molecule has 2 heterocycles. The maximum atomic E-state index is 4.60. The highest BCUT2D eigenvalue weighted by Gasteiger charge is 2.30. The van der Waals surface area contributed by atoms with Gasteiger partial charge in [0.25, 0.3) is 0 Å². The van der Waals surface area contributed by atoms with E-state index in [4.69, 9.17) is 0 Å². The molecular weight excluding hydrogens is 256 g/mol. The molecule has 2 aromatic heterocycles. The number of hydrogen-bond donors (Lipinski definition) is 1. The van der Waals surface area contributed by atoms with Crippen molar-refractivity contribution in [1.82, 2.24) is 9.97 Å². The number of aryl methyl sites for hydroxylation is 1. The molecule has 0 aliphatic heterocycles. The van der Waals surface area contributed by atoms with Gasteiger partial charge in [0.2, 0.25) is 0 Å². The topological polar surface area (TPSA) is 41.0 Å². The zero-order chi connectivity index (χ0) is 13.2. The second-order valence-electron chi connectivity index (χ2n) is 4.85. The molecule has 0 atom stereocenters. The molecule has 0 bridgehead atoms. The van der Waals surface area contributed by atoms with Crippen molar-refractivity contribution >= 4 is 23.0 Å². The minimum absolute atomic E-state index is 0.640. The molecule has 1 saturated carbocycles. The lowest BCUT2D eigenvalue weighted by Gasteiger charge is -2.23. The van der Waals surface area contributed by atoms with Crippen LogP contribution in [0.2, 0.25) is 0 Å². The summed E-state index contributed by atoms with van der Waals surface area (Å²) >= 11 is 1.80. The van der Waals surface area contributed by atoms with E-state index in [9.17, 15) is 0 Å². The third kappa shape index (κ3) is 2.87. The van der Waals surface area contributed by atoms with Crippen LogP contribution in [0.25, 0.3) is 0 Å². The molecule has 19 heavy (non-hydrogen) atoms. The molecular formula is C14H18N4S. The maximum Gasteiger partial charge on any atom is 0.134 e. The van der Waals surface area contributed by atoms with Gasteiger partial charge in [-0.1, -0.05) is 6.07 Å². The minimum atomic E-state index is 0.640. The second-order valence-corrected chi connectivity index (χ2v) is 5.88. The van der Waals surface area contributed by atoms with Gasteiger partial charge in [0.15, 0.2) is 0 Å². The largest absolute Gasteiger partial charge is 0.373 e. The van der Waals surface area contributed by atoms with Crippen molar-refractivity contribution in [3.63, 3.8) is 0 Å². The Morgan fingerprint density at radius 1 is 1.42 bits per heavy atom. The summed E-state index contributed by atoms with van der Waals surface area (Å²) in [7, 11) is 1.90. The van der Waals surface area contributed by atoms with E-state index in [2.05, 4.69) is 37.7 Å². The summed E-state index contributed by atoms with van der Waals surface area (Å²) in [5.41, 5.74) is 0. The normalized spacial score (nSPS) is 14.4. The van der Waals surface area contributed by atoms with Gasteiger partial charge in [0, 0.05) is 24.0 Å². The predicted octanol–water partition coefficient (Wildman–Crippen LogP) is 3.06. The summed E-state index contributed by atoms with van der Waals surface area (Å²) in [6, 6.07) is 6.97. The molecule has 5 heteroatoms. The third-order valence-corrected chi connectivity index (χ3v) is 4.13. The lowest BCUT2D eigenvalue weighted by atomic mass is 10.3. The monoisotopic (exact) mass is 274 g/mol. The van der Waals surface area contributed by atoms with E-state index in [0.717, 1.165) is 24.0 Å². The lowest BCUT2D eigenvalue weighted by molar-refractivity contribution is 0.779. The van der Waals surface area contributed by atoms with Gasteiger partial charge >= 0.3 is 0 Å². The first kappa shape index (κ1) is 12.4. The summed E-state index contributed by atoms with van der Waals surface area (Å²) in [6.45, 7) is 2.89. The van der Waals surface area contributed by atoms with Crippen LogP contribution in [-0.2, 0) is 6.54 Å². The Morgan fingerprint density at radius 2 is 2.26 bits per heavy atom. The Bertz CT molecular complexity index is 549. The highest BCUT2D eigenvalue weighted by molar-refractivity contribution is 7.09. The van der Waals surface area contributed by atoms with Crippen molar-refractivity contribution in [3.05, 3.63) is 34.3 Å². The van der Waals surface area contributed by atoms with Crippen LogP contribution in [-0.4, -0.2) is 23.1 Å². The minimum Gasteiger partial charge on any atom is -0.373 e. The van der Waals surface area contributed by atoms with Gasteiger partial charge in [-0.05, 0) is 31.2 Å². The van der Waals surface area contributed by atoms with Crippen LogP contribution in [0.3, 0.4) is 0 Å². The molecule has 1 aliphatic rings. The van der Waals surface area contributed by atoms with Crippen LogP contribution in [0.4, 0.5) is 11.6 Å². The van der Waals surface area contributed by atoms with Crippen molar-refractivity contribution < 1.29 is 0 Å². The number of rotatable bonds is 5. The SMILES string of the molecule is CNc1cc(N(Cc2cccs2)C2CC2)nc(C)n1. The van der Waals surface area contributed by atoms with E-state index in [0.29, 0.717) is 6.04 Å². The molecule has 0 unspecified atom stereocenters. The number of nitrogens with one attached hydrogen (secondary N) is 1. The summed E-state index contributed by atoms with van der Waals surface area (Å²) < 4.78 is 0. The molecule has 3 rings (SSSR count). The van der Waals surface area contributed by atoms with Crippen LogP contribution < -0.4 is 10.2 Å². The van der Waals surface area contributed by atoms with E-state index < -0.39 is 0 Å². The molecule has 0 aromatic carbocycles. The van der Waals surface area contributed by atoms with E-state index in [1.165, 1.54) is 17.7 Å². The Labute approximate surface area is 117 Å². The highest BCUT2D eigenvalue weighted by Crippen LogP contribution is 2.33. The first-order valence-corrected chi connectivity index (χ1v) is 7.46. The fraction of sp³-hybridized carbons (Fsp3) is 0.429. The number of nitrogens with zero attached hydrogens (tertiary/aromatic N) is 3. The number of hydrogen-bond acceptors (Lipinski definition) is 5. The standard InChI is InChI=1S/C14H18N4S/c1-10-16-13(15-2)8-14(17-10)18(11-5-6-11)9-12-4-3-7-19-12/h3-4,7-8,11H,5-6,9H2,1-2H3,(H,15,16,17). The van der Waals surface area contributed by atoms with Crippen LogP contribution in [0.15, 0.2) is 23.6 Å². The van der Waals surface area contributed by atoms with Gasteiger partial charge in [-0.3, -0.25) is 0 Å². The predicted molar refractivity (Wildman–Crippen MR) is 79.8 cm³/mol. The van der Waals surface area contributed by atoms with Crippen molar-refractivity contribution in [2.24, 2.45) is 0 Å². The lowest BCUT2D eigenvalue weighted by Crippen LogP contribution is -2.26. The molecule has 4 nitrogen and oxygen atoms in total. The van der Waals surface area contributed by atoms with Crippen molar-refractivity contribution in [2.75, 3.05) is 17.3 Å². The highest BCUT2D eigenvalue weighted by atomic mass is 32.1. The Balaban J connectivity index is 1.89. The quantitative estimate of drug-likeness (QED) is 0.910. The van der Waals surface area contributed by atoms with Gasteiger partial charge in [0.1, 0.15) is 17.5 Å². The third-order valence-electron chi connectivity index (χ3n) is 3.27. The molecule has 100 valence electrons. The average Bonchev–Trinajstić information content (AvgIpc) is 3.12. The fourth-order valence-corrected chi connectivity index (χ4v) is 2.88. The molecule has 1 aliphatic carbocycles. The average molecular weight is 274 g/mol. The zero-order valence-corrected chi connectivity index (χ0v) is 12.1. The van der Waals surface area contributed by atoms with Gasteiger partial charge < -0.3 is 10.2 Å². The van der Waals surface area contributed by atoms with Crippen LogP contribution >= 0.6 is 11.3 Å². The summed E-state index contributed by atoms with van der Waals surface area (Å²) in [6.07, 6.45) is 2.53. The molecule has 1 fully saturated rings. The molecule has 2 aromatic rings. The summed E-state index contributed by atoms with van der Waals surface area (Å²) in [5.74, 6) is 2.74. The molecule has 1 N–H and O–H groups in total. The maximum absolute atomic E-state index is 4.60. The Kier molecular flexibility index (Phi) is 3.38. The molecule has 0 spiro atoms. The van der Waals surface area contributed by atoms with Gasteiger partial charge in [-0.25, -0.2) is 9.97 Å². The van der Waals surface area contributed by atoms with Gasteiger partial charge in [0.05, 0.1) is 6.54 Å². The van der Waals surface area contributed by atoms with E-state index in [-0.39, 0.29) is 0 Å². The van der Waals surface area contributed by atoms with Crippen molar-refractivity contribution in [1.29, 1.82) is 0 Å². The number of thiophene rings is 1. The zero-order valence-electron chi connectivity index (χ0n) is 11.3. The first-order chi connectivity index (χ1) is 9.26. The van der Waals surface area contributed by atoms with Crippen LogP contribution in [0.1, 0.15) is 23.5 Å². The van der Waals surface area contributed by atoms with Crippen molar-refractivity contribution in [3.8, 4) is 0 Å². The first-order valence-electron chi connectivity index (χ1n) is 6.59. The van der Waals surface area contributed by atoms with E-state index >= 15 is 0 Å². The molecule has 0 radical (unpaired) electrons. The van der Waals surface area contributed by atoms with E-state index in [1.807, 2.05) is 20.0 Å². The summed E-state index contributed by atoms with van der Waals surface area (Å²) in [5, 5.41) is 5.24. The second kappa shape index (κ2) is 5.17. The van der Waals surface area contributed by atoms with Gasteiger partial charge in [-0.15, -0.1) is 11.3 Å². The Hall–Kier alpha value is -1.62. The van der Waals surface area contributed by atoms with Gasteiger partial charge in [-0.2, -0.15) is 0 Å².